The SMILES string of the molecule is Cc1ccc(C(=O)N2C[C@H]3C[C@@H](C2)[C@H](CN(C)C)N2C(=O)CCC[C@@H]32)n1C(F)F. The summed E-state index contributed by atoms with van der Waals surface area (Å²) in [7, 11) is 4.00. The predicted molar refractivity (Wildman–Crippen MR) is 105 cm³/mol. The molecule has 4 rings (SSSR count). The highest BCUT2D eigenvalue weighted by Gasteiger charge is 2.50. The maximum atomic E-state index is 13.5. The third kappa shape index (κ3) is 3.56. The number of hydrogen-bond acceptors (Lipinski definition) is 3. The van der Waals surface area contributed by atoms with Gasteiger partial charge in [0.25, 0.3) is 5.91 Å². The molecule has 0 aliphatic carbocycles. The Hall–Kier alpha value is -1.96. The molecule has 4 atom stereocenters. The van der Waals surface area contributed by atoms with Gasteiger partial charge in [-0.15, -0.1) is 0 Å². The summed E-state index contributed by atoms with van der Waals surface area (Å²) in [6, 6.07) is 3.29. The summed E-state index contributed by atoms with van der Waals surface area (Å²) in [4.78, 5) is 31.9. The van der Waals surface area contributed by atoms with Crippen LogP contribution in [-0.4, -0.2) is 76.9 Å². The van der Waals surface area contributed by atoms with E-state index in [2.05, 4.69) is 9.80 Å². The first-order chi connectivity index (χ1) is 13.8. The summed E-state index contributed by atoms with van der Waals surface area (Å²) in [5.74, 6) is 0.294. The highest BCUT2D eigenvalue weighted by Crippen LogP contribution is 2.42. The summed E-state index contributed by atoms with van der Waals surface area (Å²) in [6.45, 7) is 0.658. The van der Waals surface area contributed by atoms with Gasteiger partial charge in [-0.05, 0) is 64.3 Å². The van der Waals surface area contributed by atoms with E-state index in [0.29, 0.717) is 25.2 Å². The smallest absolute Gasteiger partial charge is 0.319 e. The summed E-state index contributed by atoms with van der Waals surface area (Å²) in [5, 5.41) is 0. The van der Waals surface area contributed by atoms with Crippen LogP contribution in [0.3, 0.4) is 0 Å². The number of aromatic nitrogens is 1. The molecule has 8 heteroatoms. The number of halogens is 2. The van der Waals surface area contributed by atoms with Gasteiger partial charge in [0, 0.05) is 43.8 Å². The van der Waals surface area contributed by atoms with Crippen molar-refractivity contribution in [1.82, 2.24) is 19.3 Å². The number of alkyl halides is 2. The molecule has 3 aliphatic heterocycles. The minimum absolute atomic E-state index is 0.0539. The Morgan fingerprint density at radius 3 is 2.66 bits per heavy atom. The number of carbonyl (C=O) groups excluding carboxylic acids is 2. The van der Waals surface area contributed by atoms with Crippen LogP contribution in [0.5, 0.6) is 0 Å². The fourth-order valence-corrected chi connectivity index (χ4v) is 5.70. The van der Waals surface area contributed by atoms with E-state index in [1.54, 1.807) is 17.9 Å². The number of amides is 2. The minimum atomic E-state index is -2.74. The van der Waals surface area contributed by atoms with Gasteiger partial charge in [-0.2, -0.15) is 8.78 Å². The molecule has 160 valence electrons. The van der Waals surface area contributed by atoms with Crippen molar-refractivity contribution in [3.05, 3.63) is 23.5 Å². The van der Waals surface area contributed by atoms with Crippen molar-refractivity contribution < 1.29 is 18.4 Å². The maximum absolute atomic E-state index is 13.5. The van der Waals surface area contributed by atoms with Crippen molar-refractivity contribution in [3.63, 3.8) is 0 Å². The van der Waals surface area contributed by atoms with E-state index in [1.165, 1.54) is 6.07 Å². The Morgan fingerprint density at radius 1 is 1.24 bits per heavy atom. The molecule has 0 N–H and O–H groups in total. The molecule has 3 fully saturated rings. The second-order valence-corrected chi connectivity index (χ2v) is 9.06. The van der Waals surface area contributed by atoms with Gasteiger partial charge in [0.2, 0.25) is 5.91 Å². The van der Waals surface area contributed by atoms with Crippen LogP contribution >= 0.6 is 0 Å². The molecule has 6 nitrogen and oxygen atoms in total. The van der Waals surface area contributed by atoms with E-state index in [1.807, 2.05) is 14.1 Å². The average Bonchev–Trinajstić information content (AvgIpc) is 3.06. The van der Waals surface area contributed by atoms with Crippen LogP contribution in [0.15, 0.2) is 12.1 Å². The molecule has 0 unspecified atom stereocenters. The van der Waals surface area contributed by atoms with Crippen LogP contribution < -0.4 is 0 Å². The first-order valence-corrected chi connectivity index (χ1v) is 10.5. The molecule has 1 aromatic rings. The van der Waals surface area contributed by atoms with Gasteiger partial charge < -0.3 is 14.7 Å². The van der Waals surface area contributed by atoms with Crippen LogP contribution in [0.25, 0.3) is 0 Å². The molecular formula is C21H30F2N4O2. The molecule has 1 aromatic heterocycles. The normalized spacial score (nSPS) is 29.6. The second kappa shape index (κ2) is 7.70. The fraction of sp³-hybridized carbons (Fsp3) is 0.714. The number of fused-ring (bicyclic) bond motifs is 4. The lowest BCUT2D eigenvalue weighted by molar-refractivity contribution is -0.152. The number of likely N-dealkylation sites (N-methyl/N-ethyl adjacent to an activating group) is 1. The molecular weight excluding hydrogens is 378 g/mol. The number of hydrogen-bond donors (Lipinski definition) is 0. The van der Waals surface area contributed by atoms with Crippen LogP contribution in [0.1, 0.15) is 48.4 Å². The zero-order valence-corrected chi connectivity index (χ0v) is 17.4. The van der Waals surface area contributed by atoms with Gasteiger partial charge in [-0.1, -0.05) is 0 Å². The Balaban J connectivity index is 1.62. The molecule has 0 spiro atoms. The van der Waals surface area contributed by atoms with Gasteiger partial charge in [0.05, 0.1) is 0 Å². The molecule has 0 saturated carbocycles. The van der Waals surface area contributed by atoms with E-state index in [0.717, 1.165) is 30.4 Å². The quantitative estimate of drug-likeness (QED) is 0.770. The van der Waals surface area contributed by atoms with Crippen LogP contribution in [0, 0.1) is 18.8 Å². The minimum Gasteiger partial charge on any atom is -0.337 e. The van der Waals surface area contributed by atoms with Crippen molar-refractivity contribution in [2.75, 3.05) is 33.7 Å². The van der Waals surface area contributed by atoms with E-state index in [4.69, 9.17) is 0 Å². The number of carbonyl (C=O) groups is 2. The molecule has 4 heterocycles. The number of piperidine rings is 3. The first-order valence-electron chi connectivity index (χ1n) is 10.5. The summed E-state index contributed by atoms with van der Waals surface area (Å²) >= 11 is 0. The summed E-state index contributed by atoms with van der Waals surface area (Å²) in [5.41, 5.74) is 0.438. The van der Waals surface area contributed by atoms with Gasteiger partial charge in [-0.3, -0.25) is 14.2 Å². The monoisotopic (exact) mass is 408 g/mol. The average molecular weight is 408 g/mol. The predicted octanol–water partition coefficient (Wildman–Crippen LogP) is 2.59. The van der Waals surface area contributed by atoms with E-state index >= 15 is 0 Å². The largest absolute Gasteiger partial charge is 0.337 e. The number of likely N-dealkylation sites (tertiary alicyclic amines) is 1. The highest BCUT2D eigenvalue weighted by atomic mass is 19.3. The van der Waals surface area contributed by atoms with Crippen LogP contribution in [0.2, 0.25) is 0 Å². The number of nitrogens with zero attached hydrogens (tertiary/aromatic N) is 4. The lowest BCUT2D eigenvalue weighted by Gasteiger charge is -2.57. The summed E-state index contributed by atoms with van der Waals surface area (Å²) in [6.07, 6.45) is 3.44. The van der Waals surface area contributed by atoms with Crippen molar-refractivity contribution >= 4 is 11.8 Å². The Labute approximate surface area is 170 Å². The van der Waals surface area contributed by atoms with E-state index < -0.39 is 6.55 Å². The first kappa shape index (κ1) is 20.3. The van der Waals surface area contributed by atoms with Crippen LogP contribution in [0.4, 0.5) is 8.78 Å². The Kier molecular flexibility index (Phi) is 5.40. The van der Waals surface area contributed by atoms with Gasteiger partial charge in [0.1, 0.15) is 5.69 Å². The van der Waals surface area contributed by atoms with Crippen LogP contribution in [-0.2, 0) is 4.79 Å². The molecule has 29 heavy (non-hydrogen) atoms. The maximum Gasteiger partial charge on any atom is 0.319 e. The van der Waals surface area contributed by atoms with Gasteiger partial charge in [0.15, 0.2) is 0 Å². The zero-order valence-electron chi connectivity index (χ0n) is 17.4. The van der Waals surface area contributed by atoms with Crippen molar-refractivity contribution in [2.45, 2.75) is 51.2 Å². The van der Waals surface area contributed by atoms with E-state index in [9.17, 15) is 18.4 Å². The molecule has 0 radical (unpaired) electrons. The lowest BCUT2D eigenvalue weighted by Crippen LogP contribution is -2.67. The van der Waals surface area contributed by atoms with Crippen molar-refractivity contribution in [3.8, 4) is 0 Å². The Bertz CT molecular complexity index is 794. The fourth-order valence-electron chi connectivity index (χ4n) is 5.70. The van der Waals surface area contributed by atoms with Gasteiger partial charge >= 0.3 is 6.55 Å². The molecule has 0 aromatic carbocycles. The molecule has 3 saturated heterocycles. The Morgan fingerprint density at radius 2 is 1.97 bits per heavy atom. The highest BCUT2D eigenvalue weighted by molar-refractivity contribution is 5.93. The standard InChI is InChI=1S/C21H30F2N4O2/c1-13-7-8-17(26(13)21(22)23)20(29)25-10-14-9-15(11-25)18(12-24(2)3)27-16(14)5-4-6-19(27)28/h7-8,14-16,18,21H,4-6,9-12H2,1-3H3/t14-,15+,16+,18+/m1/s1. The number of rotatable bonds is 4. The zero-order chi connectivity index (χ0) is 20.9. The van der Waals surface area contributed by atoms with E-state index in [-0.39, 0.29) is 41.4 Å². The van der Waals surface area contributed by atoms with Crippen molar-refractivity contribution in [1.29, 1.82) is 0 Å². The third-order valence-electron chi connectivity index (χ3n) is 6.87. The topological polar surface area (TPSA) is 48.8 Å². The summed E-state index contributed by atoms with van der Waals surface area (Å²) < 4.78 is 27.8. The molecule has 2 bridgehead atoms. The van der Waals surface area contributed by atoms with Crippen molar-refractivity contribution in [2.24, 2.45) is 11.8 Å². The lowest BCUT2D eigenvalue weighted by atomic mass is 9.72. The van der Waals surface area contributed by atoms with Gasteiger partial charge in [-0.25, -0.2) is 0 Å². The number of aryl methyl sites for hydroxylation is 1. The molecule has 2 amide bonds. The third-order valence-corrected chi connectivity index (χ3v) is 6.87. The second-order valence-electron chi connectivity index (χ2n) is 9.06. The molecule has 3 aliphatic rings.